The van der Waals surface area contributed by atoms with Crippen molar-refractivity contribution in [3.8, 4) is 0 Å². The number of guanidine groups is 1. The molecule has 0 amide bonds. The summed E-state index contributed by atoms with van der Waals surface area (Å²) in [6.45, 7) is 4.75. The van der Waals surface area contributed by atoms with Crippen LogP contribution in [0.2, 0.25) is 0 Å². The molecule has 8 nitrogen and oxygen atoms in total. The zero-order valence-corrected chi connectivity index (χ0v) is 17.6. The normalized spacial score (nSPS) is 15.6. The van der Waals surface area contributed by atoms with E-state index in [0.717, 1.165) is 49.4 Å². The maximum absolute atomic E-state index is 4.55. The summed E-state index contributed by atoms with van der Waals surface area (Å²) in [4.78, 5) is 17.7. The first-order chi connectivity index (χ1) is 13.5. The highest BCUT2D eigenvalue weighted by Crippen LogP contribution is 2.18. The highest BCUT2D eigenvalue weighted by atomic mass is 15.3. The number of rotatable bonds is 5. The van der Waals surface area contributed by atoms with Crippen molar-refractivity contribution < 1.29 is 0 Å². The standard InChI is InChI=1S/C20H32N8/c1-15-6-7-18(22-12-15)28-10-8-16(9-11-28)25-19(21-2)23-13-17-14-24-20(26(3)4)27(17)5/h6-7,12,14,16H,8-11,13H2,1-5H3,(H2,21,23,25). The first-order valence-corrected chi connectivity index (χ1v) is 9.80. The van der Waals surface area contributed by atoms with Gasteiger partial charge in [0, 0.05) is 53.5 Å². The topological polar surface area (TPSA) is 73.6 Å². The lowest BCUT2D eigenvalue weighted by atomic mass is 10.1. The van der Waals surface area contributed by atoms with E-state index in [9.17, 15) is 0 Å². The van der Waals surface area contributed by atoms with Gasteiger partial charge >= 0.3 is 0 Å². The molecule has 0 saturated carbocycles. The summed E-state index contributed by atoms with van der Waals surface area (Å²) >= 11 is 0. The molecule has 2 aromatic rings. The average Bonchev–Trinajstić information content (AvgIpc) is 3.07. The van der Waals surface area contributed by atoms with E-state index in [0.29, 0.717) is 12.6 Å². The molecule has 0 unspecified atom stereocenters. The molecule has 0 atom stereocenters. The Kier molecular flexibility index (Phi) is 6.38. The number of aryl methyl sites for hydroxylation is 1. The van der Waals surface area contributed by atoms with Crippen LogP contribution in [0.3, 0.4) is 0 Å². The Morgan fingerprint density at radius 3 is 2.54 bits per heavy atom. The van der Waals surface area contributed by atoms with E-state index in [1.54, 1.807) is 0 Å². The number of aliphatic imine (C=N–C) groups is 1. The summed E-state index contributed by atoms with van der Waals surface area (Å²) in [7, 11) is 7.84. The highest BCUT2D eigenvalue weighted by molar-refractivity contribution is 5.80. The van der Waals surface area contributed by atoms with Crippen molar-refractivity contribution in [2.45, 2.75) is 32.4 Å². The van der Waals surface area contributed by atoms with Crippen LogP contribution in [0, 0.1) is 6.92 Å². The molecule has 3 heterocycles. The molecule has 1 saturated heterocycles. The van der Waals surface area contributed by atoms with Gasteiger partial charge in [-0.05, 0) is 31.4 Å². The Morgan fingerprint density at radius 1 is 1.21 bits per heavy atom. The van der Waals surface area contributed by atoms with Crippen molar-refractivity contribution in [3.63, 3.8) is 0 Å². The van der Waals surface area contributed by atoms with Gasteiger partial charge in [0.1, 0.15) is 5.82 Å². The second kappa shape index (κ2) is 8.95. The van der Waals surface area contributed by atoms with Crippen LogP contribution in [0.1, 0.15) is 24.1 Å². The van der Waals surface area contributed by atoms with Crippen LogP contribution in [0.5, 0.6) is 0 Å². The summed E-state index contributed by atoms with van der Waals surface area (Å²) in [5.74, 6) is 2.84. The van der Waals surface area contributed by atoms with Gasteiger partial charge in [0.2, 0.25) is 5.95 Å². The molecule has 28 heavy (non-hydrogen) atoms. The average molecular weight is 385 g/mol. The van der Waals surface area contributed by atoms with Gasteiger partial charge in [-0.3, -0.25) is 4.99 Å². The maximum atomic E-state index is 4.55. The van der Waals surface area contributed by atoms with Gasteiger partial charge in [0.15, 0.2) is 5.96 Å². The van der Waals surface area contributed by atoms with Gasteiger partial charge in [-0.15, -0.1) is 0 Å². The van der Waals surface area contributed by atoms with E-state index in [1.165, 1.54) is 5.56 Å². The molecule has 152 valence electrons. The first kappa shape index (κ1) is 20.0. The lowest BCUT2D eigenvalue weighted by Crippen LogP contribution is -2.48. The molecule has 0 aliphatic carbocycles. The molecule has 0 spiro atoms. The molecule has 2 aromatic heterocycles. The quantitative estimate of drug-likeness (QED) is 0.602. The number of nitrogens with one attached hydrogen (secondary N) is 2. The zero-order valence-electron chi connectivity index (χ0n) is 17.6. The summed E-state index contributed by atoms with van der Waals surface area (Å²) < 4.78 is 2.09. The SMILES string of the molecule is CN=C(NCc1cnc(N(C)C)n1C)NC1CCN(c2ccc(C)cn2)CC1. The van der Waals surface area contributed by atoms with Gasteiger partial charge in [-0.2, -0.15) is 0 Å². The van der Waals surface area contributed by atoms with E-state index >= 15 is 0 Å². The van der Waals surface area contributed by atoms with Gasteiger partial charge < -0.3 is 25.0 Å². The van der Waals surface area contributed by atoms with Gasteiger partial charge in [-0.1, -0.05) is 6.07 Å². The minimum absolute atomic E-state index is 0.414. The number of imidazole rings is 1. The van der Waals surface area contributed by atoms with Crippen molar-refractivity contribution in [1.82, 2.24) is 25.2 Å². The Morgan fingerprint density at radius 2 is 1.96 bits per heavy atom. The van der Waals surface area contributed by atoms with E-state index in [4.69, 9.17) is 0 Å². The van der Waals surface area contributed by atoms with Crippen molar-refractivity contribution in [3.05, 3.63) is 35.8 Å². The molecule has 1 aliphatic rings. The monoisotopic (exact) mass is 384 g/mol. The fraction of sp³-hybridized carbons (Fsp3) is 0.550. The lowest BCUT2D eigenvalue weighted by Gasteiger charge is -2.33. The predicted molar refractivity (Wildman–Crippen MR) is 115 cm³/mol. The Hall–Kier alpha value is -2.77. The molecule has 2 N–H and O–H groups in total. The second-order valence-corrected chi connectivity index (χ2v) is 7.53. The number of hydrogen-bond acceptors (Lipinski definition) is 5. The van der Waals surface area contributed by atoms with Crippen molar-refractivity contribution in [2.75, 3.05) is 44.0 Å². The third kappa shape index (κ3) is 4.74. The van der Waals surface area contributed by atoms with Crippen LogP contribution in [-0.4, -0.2) is 60.8 Å². The van der Waals surface area contributed by atoms with Gasteiger partial charge in [-0.25, -0.2) is 9.97 Å². The van der Waals surface area contributed by atoms with E-state index in [-0.39, 0.29) is 0 Å². The number of piperidine rings is 1. The van der Waals surface area contributed by atoms with Crippen molar-refractivity contribution in [1.29, 1.82) is 0 Å². The van der Waals surface area contributed by atoms with Crippen molar-refractivity contribution in [2.24, 2.45) is 12.0 Å². The first-order valence-electron chi connectivity index (χ1n) is 9.80. The number of pyridine rings is 1. The smallest absolute Gasteiger partial charge is 0.204 e. The second-order valence-electron chi connectivity index (χ2n) is 7.53. The third-order valence-corrected chi connectivity index (χ3v) is 5.18. The van der Waals surface area contributed by atoms with Crippen LogP contribution in [0.15, 0.2) is 29.5 Å². The Bertz CT molecular complexity index is 785. The highest BCUT2D eigenvalue weighted by Gasteiger charge is 2.21. The molecule has 0 aromatic carbocycles. The maximum Gasteiger partial charge on any atom is 0.204 e. The number of nitrogens with zero attached hydrogens (tertiary/aromatic N) is 6. The number of aromatic nitrogens is 3. The molecule has 0 bridgehead atoms. The fourth-order valence-electron chi connectivity index (χ4n) is 3.48. The molecule has 0 radical (unpaired) electrons. The fourth-order valence-corrected chi connectivity index (χ4v) is 3.48. The summed E-state index contributed by atoms with van der Waals surface area (Å²) in [5.41, 5.74) is 2.31. The zero-order chi connectivity index (χ0) is 20.1. The Labute approximate surface area is 167 Å². The summed E-state index contributed by atoms with van der Waals surface area (Å²) in [5, 5.41) is 6.97. The molecule has 8 heteroatoms. The Balaban J connectivity index is 1.49. The lowest BCUT2D eigenvalue weighted by molar-refractivity contribution is 0.459. The molecular weight excluding hydrogens is 352 g/mol. The van der Waals surface area contributed by atoms with Crippen LogP contribution < -0.4 is 20.4 Å². The van der Waals surface area contributed by atoms with Gasteiger partial charge in [0.05, 0.1) is 18.4 Å². The molecule has 1 aliphatic heterocycles. The van der Waals surface area contributed by atoms with E-state index in [2.05, 4.69) is 54.1 Å². The van der Waals surface area contributed by atoms with Gasteiger partial charge in [0.25, 0.3) is 0 Å². The van der Waals surface area contributed by atoms with Crippen LogP contribution in [-0.2, 0) is 13.6 Å². The molecule has 3 rings (SSSR count). The number of hydrogen-bond donors (Lipinski definition) is 2. The summed E-state index contributed by atoms with van der Waals surface area (Å²) in [6.07, 6.45) is 5.97. The van der Waals surface area contributed by atoms with Crippen LogP contribution >= 0.6 is 0 Å². The minimum atomic E-state index is 0.414. The largest absolute Gasteiger partial charge is 0.356 e. The van der Waals surface area contributed by atoms with Crippen LogP contribution in [0.4, 0.5) is 11.8 Å². The van der Waals surface area contributed by atoms with E-state index in [1.807, 2.05) is 45.5 Å². The molecule has 1 fully saturated rings. The van der Waals surface area contributed by atoms with Crippen LogP contribution in [0.25, 0.3) is 0 Å². The predicted octanol–water partition coefficient (Wildman–Crippen LogP) is 1.52. The van der Waals surface area contributed by atoms with E-state index < -0.39 is 0 Å². The minimum Gasteiger partial charge on any atom is -0.356 e. The van der Waals surface area contributed by atoms with Crippen molar-refractivity contribution >= 4 is 17.7 Å². The molecular formula is C20H32N8. The number of anilines is 2. The third-order valence-electron chi connectivity index (χ3n) is 5.18. The summed E-state index contributed by atoms with van der Waals surface area (Å²) in [6, 6.07) is 4.65.